The molecule has 2 N–H and O–H groups in total. The highest BCUT2D eigenvalue weighted by Gasteiger charge is 2.19. The third kappa shape index (κ3) is 4.93. The molecule has 1 rings (SSSR count). The Morgan fingerprint density at radius 2 is 2.16 bits per heavy atom. The highest BCUT2D eigenvalue weighted by Crippen LogP contribution is 2.15. The molecule has 0 aromatic carbocycles. The lowest BCUT2D eigenvalue weighted by molar-refractivity contribution is 0.350. The van der Waals surface area contributed by atoms with Gasteiger partial charge < -0.3 is 5.11 Å². The minimum atomic E-state index is -3.45. The van der Waals surface area contributed by atoms with E-state index in [1.54, 1.807) is 7.05 Å². The number of nitrogens with zero attached hydrogens (tertiary/aromatic N) is 1. The maximum absolute atomic E-state index is 11.9. The van der Waals surface area contributed by atoms with Crippen molar-refractivity contribution in [3.05, 3.63) is 21.9 Å². The molecule has 0 aliphatic heterocycles. The molecule has 0 fully saturated rings. The van der Waals surface area contributed by atoms with Gasteiger partial charge in [-0.15, -0.1) is 11.3 Å². The van der Waals surface area contributed by atoms with E-state index in [4.69, 9.17) is 5.11 Å². The van der Waals surface area contributed by atoms with Crippen molar-refractivity contribution in [3.8, 4) is 11.8 Å². The minimum Gasteiger partial charge on any atom is -0.384 e. The Bertz CT molecular complexity index is 567. The van der Waals surface area contributed by atoms with Gasteiger partial charge in [0.2, 0.25) is 0 Å². The minimum absolute atomic E-state index is 0.0909. The highest BCUT2D eigenvalue weighted by atomic mass is 32.2. The lowest BCUT2D eigenvalue weighted by Crippen LogP contribution is -2.41. The summed E-state index contributed by atoms with van der Waals surface area (Å²) in [5.74, 6) is 5.34. The number of nitrogens with one attached hydrogen (secondary N) is 1. The fraction of sp³-hybridized carbons (Fsp3) is 0.500. The molecule has 0 atom stereocenters. The summed E-state index contributed by atoms with van der Waals surface area (Å²) in [7, 11) is -1.91. The zero-order valence-corrected chi connectivity index (χ0v) is 12.8. The topological polar surface area (TPSA) is 69.6 Å². The Morgan fingerprint density at radius 1 is 1.47 bits per heavy atom. The standard InChI is InChI=1S/C12H18N2O3S2/c1-10(2)14(3)19(16,17)13-9-12-7-6-11(18-12)5-4-8-15/h6-7,10,13,15H,8-9H2,1-3H3. The number of aliphatic hydroxyl groups is 1. The van der Waals surface area contributed by atoms with E-state index in [2.05, 4.69) is 16.6 Å². The molecule has 1 aromatic heterocycles. The van der Waals surface area contributed by atoms with Gasteiger partial charge in [-0.25, -0.2) is 0 Å². The van der Waals surface area contributed by atoms with Gasteiger partial charge in [-0.2, -0.15) is 17.4 Å². The summed E-state index contributed by atoms with van der Waals surface area (Å²) < 4.78 is 27.6. The number of aliphatic hydroxyl groups excluding tert-OH is 1. The smallest absolute Gasteiger partial charge is 0.279 e. The summed E-state index contributed by atoms with van der Waals surface area (Å²) in [5.41, 5.74) is 0. The number of rotatable bonds is 5. The number of hydrogen-bond acceptors (Lipinski definition) is 4. The van der Waals surface area contributed by atoms with E-state index in [-0.39, 0.29) is 19.2 Å². The van der Waals surface area contributed by atoms with Gasteiger partial charge in [0.1, 0.15) is 6.61 Å². The number of hydrogen-bond donors (Lipinski definition) is 2. The van der Waals surface area contributed by atoms with Gasteiger partial charge in [0, 0.05) is 24.5 Å². The van der Waals surface area contributed by atoms with Crippen molar-refractivity contribution in [2.24, 2.45) is 0 Å². The molecule has 0 bridgehead atoms. The third-order valence-electron chi connectivity index (χ3n) is 2.49. The summed E-state index contributed by atoms with van der Waals surface area (Å²) in [4.78, 5) is 1.68. The first kappa shape index (κ1) is 16.1. The van der Waals surface area contributed by atoms with Gasteiger partial charge in [-0.05, 0) is 26.0 Å². The molecular weight excluding hydrogens is 284 g/mol. The fourth-order valence-corrected chi connectivity index (χ4v) is 3.22. The predicted octanol–water partition coefficient (Wildman–Crippen LogP) is 0.767. The molecule has 0 radical (unpaired) electrons. The Morgan fingerprint density at radius 3 is 2.74 bits per heavy atom. The third-order valence-corrected chi connectivity index (χ3v) is 5.18. The van der Waals surface area contributed by atoms with E-state index in [1.165, 1.54) is 15.6 Å². The molecule has 0 aliphatic rings. The second-order valence-corrected chi connectivity index (χ2v) is 7.15. The fourth-order valence-electron chi connectivity index (χ4n) is 1.21. The van der Waals surface area contributed by atoms with E-state index in [0.29, 0.717) is 0 Å². The summed E-state index contributed by atoms with van der Waals surface area (Å²) in [6.45, 7) is 3.68. The van der Waals surface area contributed by atoms with Gasteiger partial charge in [0.05, 0.1) is 4.88 Å². The SMILES string of the molecule is CC(C)N(C)S(=O)(=O)NCc1ccc(C#CCO)s1. The molecule has 19 heavy (non-hydrogen) atoms. The van der Waals surface area contributed by atoms with E-state index in [0.717, 1.165) is 9.75 Å². The molecule has 0 saturated heterocycles. The second-order valence-electron chi connectivity index (χ2n) is 4.16. The molecule has 1 heterocycles. The van der Waals surface area contributed by atoms with Crippen molar-refractivity contribution < 1.29 is 13.5 Å². The first-order valence-corrected chi connectivity index (χ1v) is 8.03. The first-order chi connectivity index (χ1) is 8.86. The van der Waals surface area contributed by atoms with Crippen molar-refractivity contribution in [2.45, 2.75) is 26.4 Å². The van der Waals surface area contributed by atoms with Crippen LogP contribution in [0.4, 0.5) is 0 Å². The second kappa shape index (κ2) is 7.03. The average Bonchev–Trinajstić information content (AvgIpc) is 2.81. The van der Waals surface area contributed by atoms with Crippen LogP contribution in [-0.2, 0) is 16.8 Å². The van der Waals surface area contributed by atoms with Crippen LogP contribution in [-0.4, -0.2) is 37.5 Å². The van der Waals surface area contributed by atoms with Gasteiger partial charge in [-0.3, -0.25) is 0 Å². The van der Waals surface area contributed by atoms with Crippen LogP contribution < -0.4 is 4.72 Å². The monoisotopic (exact) mass is 302 g/mol. The molecule has 106 valence electrons. The van der Waals surface area contributed by atoms with E-state index < -0.39 is 10.2 Å². The Balaban J connectivity index is 2.64. The van der Waals surface area contributed by atoms with E-state index in [1.807, 2.05) is 26.0 Å². The maximum atomic E-state index is 11.9. The number of thiophene rings is 1. The molecule has 0 spiro atoms. The first-order valence-electron chi connectivity index (χ1n) is 5.78. The largest absolute Gasteiger partial charge is 0.384 e. The van der Waals surface area contributed by atoms with Crippen LogP contribution in [0.25, 0.3) is 0 Å². The summed E-state index contributed by atoms with van der Waals surface area (Å²) in [5, 5.41) is 8.59. The Labute approximate surface area is 118 Å². The van der Waals surface area contributed by atoms with Crippen molar-refractivity contribution in [3.63, 3.8) is 0 Å². The van der Waals surface area contributed by atoms with Crippen LogP contribution in [0.1, 0.15) is 23.6 Å². The van der Waals surface area contributed by atoms with E-state index >= 15 is 0 Å². The molecule has 5 nitrogen and oxygen atoms in total. The normalized spacial score (nSPS) is 11.7. The van der Waals surface area contributed by atoms with Gasteiger partial charge in [0.25, 0.3) is 10.2 Å². The zero-order chi connectivity index (χ0) is 14.5. The summed E-state index contributed by atoms with van der Waals surface area (Å²) in [6.07, 6.45) is 0. The molecule has 0 unspecified atom stereocenters. The van der Waals surface area contributed by atoms with E-state index in [9.17, 15) is 8.42 Å². The summed E-state index contributed by atoms with van der Waals surface area (Å²) in [6, 6.07) is 3.54. The van der Waals surface area contributed by atoms with Crippen LogP contribution in [0.2, 0.25) is 0 Å². The van der Waals surface area contributed by atoms with Crippen molar-refractivity contribution in [1.29, 1.82) is 0 Å². The van der Waals surface area contributed by atoms with Crippen LogP contribution >= 0.6 is 11.3 Å². The van der Waals surface area contributed by atoms with Crippen LogP contribution in [0, 0.1) is 11.8 Å². The molecule has 0 saturated carbocycles. The summed E-state index contributed by atoms with van der Waals surface area (Å²) >= 11 is 1.40. The Hall–Kier alpha value is -0.910. The predicted molar refractivity (Wildman–Crippen MR) is 76.9 cm³/mol. The van der Waals surface area contributed by atoms with Crippen LogP contribution in [0.5, 0.6) is 0 Å². The van der Waals surface area contributed by atoms with Gasteiger partial charge >= 0.3 is 0 Å². The lowest BCUT2D eigenvalue weighted by atomic mass is 10.4. The van der Waals surface area contributed by atoms with Crippen molar-refractivity contribution in [1.82, 2.24) is 9.03 Å². The van der Waals surface area contributed by atoms with Gasteiger partial charge in [-0.1, -0.05) is 11.8 Å². The zero-order valence-electron chi connectivity index (χ0n) is 11.2. The van der Waals surface area contributed by atoms with Crippen molar-refractivity contribution in [2.75, 3.05) is 13.7 Å². The van der Waals surface area contributed by atoms with Crippen molar-refractivity contribution >= 4 is 21.5 Å². The Kier molecular flexibility index (Phi) is 5.97. The molecular formula is C12H18N2O3S2. The molecule has 0 aliphatic carbocycles. The van der Waals surface area contributed by atoms with Crippen LogP contribution in [0.3, 0.4) is 0 Å². The quantitative estimate of drug-likeness (QED) is 0.789. The van der Waals surface area contributed by atoms with Crippen LogP contribution in [0.15, 0.2) is 12.1 Å². The average molecular weight is 302 g/mol. The van der Waals surface area contributed by atoms with Gasteiger partial charge in [0.15, 0.2) is 0 Å². The maximum Gasteiger partial charge on any atom is 0.279 e. The lowest BCUT2D eigenvalue weighted by Gasteiger charge is -2.20. The molecule has 1 aromatic rings. The highest BCUT2D eigenvalue weighted by molar-refractivity contribution is 7.87. The molecule has 7 heteroatoms. The molecule has 0 amide bonds.